The van der Waals surface area contributed by atoms with Crippen molar-refractivity contribution in [3.05, 3.63) is 278 Å². The molecule has 17 rings (SSSR count). The highest BCUT2D eigenvalue weighted by Gasteiger charge is 2.32. The zero-order chi connectivity index (χ0) is 57.7. The van der Waals surface area contributed by atoms with Crippen LogP contribution in [0.4, 0.5) is 34.1 Å². The largest absolute Gasteiger partial charge is 0.310 e. The molecule has 0 unspecified atom stereocenters. The third-order valence-corrected chi connectivity index (χ3v) is 18.6. The van der Waals surface area contributed by atoms with E-state index in [0.29, 0.717) is 0 Å². The molecule has 0 aliphatic heterocycles. The monoisotopic (exact) mass is 1100 g/mol. The molecule has 410 valence electrons. The van der Waals surface area contributed by atoms with E-state index in [0.717, 1.165) is 34.1 Å². The number of aromatic nitrogens is 2. The average molecular weight is 1100 g/mol. The van der Waals surface area contributed by atoms with Gasteiger partial charge in [-0.3, -0.25) is 0 Å². The van der Waals surface area contributed by atoms with Crippen molar-refractivity contribution < 1.29 is 0 Å². The van der Waals surface area contributed by atoms with Gasteiger partial charge in [0.2, 0.25) is 0 Å². The molecule has 0 spiro atoms. The second-order valence-electron chi connectivity index (χ2n) is 25.7. The van der Waals surface area contributed by atoms with Gasteiger partial charge in [0, 0.05) is 65.8 Å². The van der Waals surface area contributed by atoms with Crippen LogP contribution in [0.15, 0.2) is 267 Å². The molecular formula is C82H62N4. The fourth-order valence-corrected chi connectivity index (χ4v) is 14.8. The molecule has 4 heterocycles. The lowest BCUT2D eigenvalue weighted by molar-refractivity contribution is 0.594. The lowest BCUT2D eigenvalue weighted by Gasteiger charge is -2.27. The van der Waals surface area contributed by atoms with E-state index in [4.69, 9.17) is 0 Å². The van der Waals surface area contributed by atoms with Crippen LogP contribution in [0.2, 0.25) is 0 Å². The molecule has 0 bridgehead atoms. The summed E-state index contributed by atoms with van der Waals surface area (Å²) in [7, 11) is 0. The summed E-state index contributed by atoms with van der Waals surface area (Å²) in [6, 6.07) is 99.6. The van der Waals surface area contributed by atoms with E-state index in [1.807, 2.05) is 0 Å². The molecule has 0 fully saturated rings. The summed E-state index contributed by atoms with van der Waals surface area (Å²) in [5.74, 6) is 0. The summed E-state index contributed by atoms with van der Waals surface area (Å²) in [6.07, 6.45) is 0. The Morgan fingerprint density at radius 1 is 0.267 bits per heavy atom. The number of benzene rings is 13. The minimum absolute atomic E-state index is 0.146. The number of fused-ring (bicyclic) bond motifs is 14. The molecule has 4 heteroatoms. The van der Waals surface area contributed by atoms with Gasteiger partial charge in [0.05, 0.1) is 44.5 Å². The number of anilines is 6. The quantitative estimate of drug-likeness (QED) is 0.151. The normalized spacial score (nSPS) is 12.5. The van der Waals surface area contributed by atoms with Crippen LogP contribution in [0, 0.1) is 0 Å². The van der Waals surface area contributed by atoms with Gasteiger partial charge in [-0.2, -0.15) is 0 Å². The van der Waals surface area contributed by atoms with E-state index in [1.54, 1.807) is 0 Å². The number of rotatable bonds is 8. The maximum Gasteiger partial charge on any atom is 0.0641 e. The van der Waals surface area contributed by atoms with E-state index < -0.39 is 0 Å². The molecule has 4 nitrogen and oxygen atoms in total. The molecule has 17 aromatic rings. The highest BCUT2D eigenvalue weighted by molar-refractivity contribution is 6.32. The van der Waals surface area contributed by atoms with Crippen molar-refractivity contribution >= 4 is 132 Å². The molecule has 0 saturated carbocycles. The first-order valence-corrected chi connectivity index (χ1v) is 30.3. The Labute approximate surface area is 500 Å². The number of para-hydroxylation sites is 4. The Morgan fingerprint density at radius 3 is 1.02 bits per heavy atom. The molecule has 86 heavy (non-hydrogen) atoms. The van der Waals surface area contributed by atoms with Crippen LogP contribution < -0.4 is 9.80 Å². The summed E-state index contributed by atoms with van der Waals surface area (Å²) in [6.45, 7) is 14.2. The summed E-state index contributed by atoms with van der Waals surface area (Å²) >= 11 is 0. The zero-order valence-electron chi connectivity index (χ0n) is 49.2. The van der Waals surface area contributed by atoms with E-state index in [1.165, 1.54) is 131 Å². The summed E-state index contributed by atoms with van der Waals surface area (Å²) < 4.78 is 5.28. The third-order valence-electron chi connectivity index (χ3n) is 18.6. The highest BCUT2D eigenvalue weighted by atomic mass is 15.2. The van der Waals surface area contributed by atoms with Crippen molar-refractivity contribution in [3.8, 4) is 22.3 Å². The minimum Gasteiger partial charge on any atom is -0.310 e. The van der Waals surface area contributed by atoms with Crippen molar-refractivity contribution in [1.82, 2.24) is 8.80 Å². The third kappa shape index (κ3) is 7.35. The standard InChI is InChI=1S/C82H62N4/c1-81(2,3)69-35-19-33-65-75-71(83(55-25-9-7-10-26-55)57-41-37-53(38-42-57)61-31-17-23-51-21-13-15-29-59(51)61)47-45-63-67-50-74-68(49-73(67)85(77(65)69)79(63)75)64-46-48-72(76-66-34-20-36-70(82(4,5)6)78(66)86(74)80(64)76)84(56-27-11-8-12-28-56)58-43-39-54(40-44-58)62-32-18-24-52-22-14-16-30-60(52)62/h7-50H,1-6H3. The van der Waals surface area contributed by atoms with Gasteiger partial charge in [-0.1, -0.05) is 236 Å². The van der Waals surface area contributed by atoms with E-state index in [9.17, 15) is 0 Å². The van der Waals surface area contributed by atoms with Crippen LogP contribution in [0.5, 0.6) is 0 Å². The van der Waals surface area contributed by atoms with Crippen molar-refractivity contribution in [3.63, 3.8) is 0 Å². The first-order valence-electron chi connectivity index (χ1n) is 30.3. The Morgan fingerprint density at radius 2 is 0.616 bits per heavy atom. The zero-order valence-corrected chi connectivity index (χ0v) is 49.2. The number of nitrogens with zero attached hydrogens (tertiary/aromatic N) is 4. The smallest absolute Gasteiger partial charge is 0.0641 e. The minimum atomic E-state index is -0.146. The van der Waals surface area contributed by atoms with Crippen molar-refractivity contribution in [2.45, 2.75) is 52.4 Å². The second-order valence-corrected chi connectivity index (χ2v) is 25.7. The first kappa shape index (κ1) is 50.1. The SMILES string of the molecule is CC(C)(C)c1cccc2c3c(N(c4ccccc4)c4ccc(-c5cccc6ccccc56)cc4)ccc4c5cc6c(cc5n(c12)c43)c1ccc(N(c2ccccc2)c2ccc(-c3cccc4ccccc34)cc2)c2c3cccc(C(C)(C)C)c3n6c12. The summed E-state index contributed by atoms with van der Waals surface area (Å²) in [5, 5.41) is 15.0. The molecule has 0 aliphatic rings. The van der Waals surface area contributed by atoms with Crippen LogP contribution in [0.1, 0.15) is 52.7 Å². The van der Waals surface area contributed by atoms with Gasteiger partial charge in [-0.15, -0.1) is 0 Å². The van der Waals surface area contributed by atoms with Gasteiger partial charge in [0.15, 0.2) is 0 Å². The molecule has 0 radical (unpaired) electrons. The van der Waals surface area contributed by atoms with Crippen LogP contribution in [-0.2, 0) is 10.8 Å². The maximum absolute atomic E-state index is 2.64. The predicted molar refractivity (Wildman–Crippen MR) is 368 cm³/mol. The second kappa shape index (κ2) is 18.5. The molecule has 0 saturated heterocycles. The van der Waals surface area contributed by atoms with Gasteiger partial charge in [0.1, 0.15) is 0 Å². The fourth-order valence-electron chi connectivity index (χ4n) is 14.8. The van der Waals surface area contributed by atoms with Crippen LogP contribution >= 0.6 is 0 Å². The summed E-state index contributed by atoms with van der Waals surface area (Å²) in [4.78, 5) is 4.95. The Bertz CT molecular complexity index is 5160. The number of hydrogen-bond donors (Lipinski definition) is 0. The van der Waals surface area contributed by atoms with Crippen LogP contribution in [0.25, 0.3) is 120 Å². The molecule has 13 aromatic carbocycles. The average Bonchev–Trinajstić information content (AvgIpc) is 1.54. The molecule has 0 amide bonds. The predicted octanol–water partition coefficient (Wildman–Crippen LogP) is 23.2. The summed E-state index contributed by atoms with van der Waals surface area (Å²) in [5.41, 5.74) is 21.5. The van der Waals surface area contributed by atoms with E-state index >= 15 is 0 Å². The topological polar surface area (TPSA) is 15.3 Å². The van der Waals surface area contributed by atoms with Gasteiger partial charge >= 0.3 is 0 Å². The van der Waals surface area contributed by atoms with Crippen LogP contribution in [0.3, 0.4) is 0 Å². The van der Waals surface area contributed by atoms with Gasteiger partial charge in [0.25, 0.3) is 0 Å². The van der Waals surface area contributed by atoms with Gasteiger partial charge in [-0.05, 0) is 139 Å². The molecule has 0 N–H and O–H groups in total. The lowest BCUT2D eigenvalue weighted by atomic mass is 9.85. The lowest BCUT2D eigenvalue weighted by Crippen LogP contribution is -2.12. The Hall–Kier alpha value is -10.4. The Balaban J connectivity index is 0.922. The van der Waals surface area contributed by atoms with Crippen molar-refractivity contribution in [2.75, 3.05) is 9.80 Å². The highest BCUT2D eigenvalue weighted by Crippen LogP contribution is 2.53. The van der Waals surface area contributed by atoms with Gasteiger partial charge < -0.3 is 18.6 Å². The van der Waals surface area contributed by atoms with E-state index in [2.05, 4.69) is 327 Å². The van der Waals surface area contributed by atoms with E-state index in [-0.39, 0.29) is 10.8 Å². The van der Waals surface area contributed by atoms with Crippen LogP contribution in [-0.4, -0.2) is 8.80 Å². The molecule has 0 atom stereocenters. The molecule has 0 aliphatic carbocycles. The molecule has 4 aromatic heterocycles. The number of hydrogen-bond acceptors (Lipinski definition) is 2. The maximum atomic E-state index is 2.64. The fraction of sp³-hybridized carbons (Fsp3) is 0.0976. The van der Waals surface area contributed by atoms with Gasteiger partial charge in [-0.25, -0.2) is 0 Å². The van der Waals surface area contributed by atoms with Crippen molar-refractivity contribution in [1.29, 1.82) is 0 Å². The molecular weight excluding hydrogens is 1040 g/mol. The van der Waals surface area contributed by atoms with Crippen molar-refractivity contribution in [2.24, 2.45) is 0 Å². The first-order chi connectivity index (χ1) is 42.0. The Kier molecular flexibility index (Phi) is 10.8.